The highest BCUT2D eigenvalue weighted by Gasteiger charge is 2.41. The van der Waals surface area contributed by atoms with Crippen molar-refractivity contribution in [2.24, 2.45) is 23.7 Å². The van der Waals surface area contributed by atoms with Gasteiger partial charge in [-0.05, 0) is 75.8 Å². The molecule has 0 aromatic carbocycles. The minimum atomic E-state index is -0.769. The van der Waals surface area contributed by atoms with Crippen molar-refractivity contribution in [3.05, 3.63) is 0 Å². The molecule has 4 saturated carbocycles. The molecule has 4 rings (SSSR count). The molecule has 0 spiro atoms. The lowest BCUT2D eigenvalue weighted by molar-refractivity contribution is -0.137. The number of hydrogen-bond acceptors (Lipinski definition) is 2. The first-order valence-corrected chi connectivity index (χ1v) is 7.47. The predicted molar refractivity (Wildman–Crippen MR) is 72.5 cm³/mol. The monoisotopic (exact) mass is 253 g/mol. The summed E-state index contributed by atoms with van der Waals surface area (Å²) >= 11 is 0. The van der Waals surface area contributed by atoms with Gasteiger partial charge >= 0.3 is 5.97 Å². The summed E-state index contributed by atoms with van der Waals surface area (Å²) in [5, 5.41) is 8.17. The first-order valence-electron chi connectivity index (χ1n) is 7.47. The molecule has 0 atom stereocenters. The molecule has 0 aromatic heterocycles. The Kier molecular flexibility index (Phi) is 4.66. The molecule has 104 valence electrons. The van der Waals surface area contributed by atoms with E-state index >= 15 is 0 Å². The van der Waals surface area contributed by atoms with Crippen molar-refractivity contribution in [3.8, 4) is 0 Å². The third-order valence-corrected chi connectivity index (χ3v) is 4.95. The lowest BCUT2D eigenvalue weighted by Gasteiger charge is -2.49. The number of carboxylic acids is 1. The largest absolute Gasteiger partial charge is 0.480 e. The van der Waals surface area contributed by atoms with Crippen LogP contribution in [0.1, 0.15) is 45.4 Å². The standard InChI is InChI=1S/C10H16.C5H11NO2/c1-7-2-9-4-8(1)5-10(3-7)6-9;1-3-6(2)4-5(7)8/h7-10H,1-6H2;3-4H2,1-2H3,(H,7,8). The van der Waals surface area contributed by atoms with E-state index in [1.807, 2.05) is 6.92 Å². The van der Waals surface area contributed by atoms with Gasteiger partial charge in [0.2, 0.25) is 0 Å². The molecule has 0 aromatic rings. The molecular weight excluding hydrogens is 226 g/mol. The highest BCUT2D eigenvalue weighted by molar-refractivity contribution is 5.68. The van der Waals surface area contributed by atoms with E-state index in [1.165, 1.54) is 23.7 Å². The fraction of sp³-hybridized carbons (Fsp3) is 0.933. The molecule has 4 aliphatic rings. The Hall–Kier alpha value is -0.570. The van der Waals surface area contributed by atoms with E-state index in [9.17, 15) is 4.79 Å². The normalized spacial score (nSPS) is 36.4. The van der Waals surface area contributed by atoms with Gasteiger partial charge in [0, 0.05) is 0 Å². The summed E-state index contributed by atoms with van der Waals surface area (Å²) in [4.78, 5) is 11.7. The molecule has 3 nitrogen and oxygen atoms in total. The summed E-state index contributed by atoms with van der Waals surface area (Å²) in [5.74, 6) is 3.94. The van der Waals surface area contributed by atoms with Crippen molar-refractivity contribution in [1.82, 2.24) is 4.90 Å². The molecule has 4 bridgehead atoms. The molecule has 18 heavy (non-hydrogen) atoms. The Bertz CT molecular complexity index is 234. The Morgan fingerprint density at radius 3 is 1.50 bits per heavy atom. The Labute approximate surface area is 111 Å². The van der Waals surface area contributed by atoms with Crippen LogP contribution < -0.4 is 0 Å². The van der Waals surface area contributed by atoms with Gasteiger partial charge in [0.15, 0.2) is 0 Å². The minimum Gasteiger partial charge on any atom is -0.480 e. The molecule has 0 amide bonds. The quantitative estimate of drug-likeness (QED) is 0.841. The van der Waals surface area contributed by atoms with E-state index in [0.717, 1.165) is 6.54 Å². The zero-order valence-electron chi connectivity index (χ0n) is 11.8. The zero-order valence-corrected chi connectivity index (χ0v) is 11.8. The van der Waals surface area contributed by atoms with Gasteiger partial charge in [0.25, 0.3) is 0 Å². The maximum absolute atomic E-state index is 9.93. The maximum Gasteiger partial charge on any atom is 0.317 e. The molecule has 4 aliphatic carbocycles. The van der Waals surface area contributed by atoms with Crippen LogP contribution in [0.2, 0.25) is 0 Å². The van der Waals surface area contributed by atoms with Gasteiger partial charge in [-0.25, -0.2) is 0 Å². The van der Waals surface area contributed by atoms with E-state index in [4.69, 9.17) is 5.11 Å². The van der Waals surface area contributed by atoms with Gasteiger partial charge in [0.1, 0.15) is 0 Å². The fourth-order valence-corrected chi connectivity index (χ4v) is 4.33. The van der Waals surface area contributed by atoms with Crippen LogP contribution in [0.25, 0.3) is 0 Å². The number of likely N-dealkylation sites (N-methyl/N-ethyl adjacent to an activating group) is 1. The van der Waals surface area contributed by atoms with Crippen molar-refractivity contribution < 1.29 is 9.90 Å². The van der Waals surface area contributed by atoms with E-state index in [0.29, 0.717) is 0 Å². The predicted octanol–water partition coefficient (Wildman–Crippen LogP) is 2.86. The summed E-state index contributed by atoms with van der Waals surface area (Å²) in [6.07, 6.45) is 9.62. The summed E-state index contributed by atoms with van der Waals surface area (Å²) in [6, 6.07) is 0. The van der Waals surface area contributed by atoms with Crippen molar-refractivity contribution >= 4 is 5.97 Å². The van der Waals surface area contributed by atoms with Crippen molar-refractivity contribution in [1.29, 1.82) is 0 Å². The first kappa shape index (κ1) is 13.9. The van der Waals surface area contributed by atoms with Gasteiger partial charge in [0.05, 0.1) is 6.54 Å². The first-order chi connectivity index (χ1) is 8.56. The van der Waals surface area contributed by atoms with Crippen molar-refractivity contribution in [3.63, 3.8) is 0 Å². The van der Waals surface area contributed by atoms with Crippen LogP contribution in [0.5, 0.6) is 0 Å². The number of carboxylic acid groups (broad SMARTS) is 1. The van der Waals surface area contributed by atoms with Crippen LogP contribution in [0, 0.1) is 23.7 Å². The van der Waals surface area contributed by atoms with Crippen LogP contribution in [0.15, 0.2) is 0 Å². The third kappa shape index (κ3) is 3.71. The number of rotatable bonds is 3. The minimum absolute atomic E-state index is 0.135. The van der Waals surface area contributed by atoms with Crippen LogP contribution >= 0.6 is 0 Å². The summed E-state index contributed by atoms with van der Waals surface area (Å²) in [5.41, 5.74) is 0. The molecule has 0 radical (unpaired) electrons. The van der Waals surface area contributed by atoms with E-state index in [1.54, 1.807) is 50.5 Å². The van der Waals surface area contributed by atoms with Crippen LogP contribution in [-0.2, 0) is 4.79 Å². The van der Waals surface area contributed by atoms with Gasteiger partial charge in [-0.1, -0.05) is 6.92 Å². The third-order valence-electron chi connectivity index (χ3n) is 4.95. The highest BCUT2D eigenvalue weighted by Crippen LogP contribution is 2.53. The van der Waals surface area contributed by atoms with E-state index in [2.05, 4.69) is 0 Å². The molecule has 0 unspecified atom stereocenters. The smallest absolute Gasteiger partial charge is 0.317 e. The van der Waals surface area contributed by atoms with Crippen LogP contribution in [0.4, 0.5) is 0 Å². The summed E-state index contributed by atoms with van der Waals surface area (Å²) in [7, 11) is 1.77. The van der Waals surface area contributed by atoms with Gasteiger partial charge in [-0.2, -0.15) is 0 Å². The highest BCUT2D eigenvalue weighted by atomic mass is 16.4. The number of nitrogens with zero attached hydrogens (tertiary/aromatic N) is 1. The molecule has 0 aliphatic heterocycles. The maximum atomic E-state index is 9.93. The van der Waals surface area contributed by atoms with Gasteiger partial charge in [-0.15, -0.1) is 0 Å². The van der Waals surface area contributed by atoms with Gasteiger partial charge < -0.3 is 5.11 Å². The second-order valence-corrected chi connectivity index (χ2v) is 6.60. The second kappa shape index (κ2) is 6.05. The van der Waals surface area contributed by atoms with Crippen LogP contribution in [-0.4, -0.2) is 36.1 Å². The number of aliphatic carboxylic acids is 1. The lowest BCUT2D eigenvalue weighted by Crippen LogP contribution is -2.38. The summed E-state index contributed by atoms with van der Waals surface area (Å²) < 4.78 is 0. The second-order valence-electron chi connectivity index (χ2n) is 6.60. The van der Waals surface area contributed by atoms with Crippen LogP contribution in [0.3, 0.4) is 0 Å². The van der Waals surface area contributed by atoms with Crippen molar-refractivity contribution in [2.75, 3.05) is 20.1 Å². The number of carbonyl (C=O) groups is 1. The molecule has 3 heteroatoms. The topological polar surface area (TPSA) is 40.5 Å². The molecule has 0 saturated heterocycles. The molecule has 4 fully saturated rings. The Morgan fingerprint density at radius 1 is 1.00 bits per heavy atom. The Balaban J connectivity index is 0.000000139. The Morgan fingerprint density at radius 2 is 1.33 bits per heavy atom. The molecule has 1 N–H and O–H groups in total. The lowest BCUT2D eigenvalue weighted by atomic mass is 9.56. The average Bonchev–Trinajstić information content (AvgIpc) is 2.26. The molecule has 0 heterocycles. The zero-order chi connectivity index (χ0) is 13.1. The van der Waals surface area contributed by atoms with Gasteiger partial charge in [-0.3, -0.25) is 9.69 Å². The van der Waals surface area contributed by atoms with E-state index < -0.39 is 5.97 Å². The SMILES string of the molecule is C1C2CC3CC1CC(C2)C3.CCN(C)CC(=O)O. The number of hydrogen-bond donors (Lipinski definition) is 1. The molecular formula is C15H27NO2. The fourth-order valence-electron chi connectivity index (χ4n) is 4.33. The average molecular weight is 253 g/mol. The van der Waals surface area contributed by atoms with Crippen molar-refractivity contribution in [2.45, 2.75) is 45.4 Å². The summed E-state index contributed by atoms with van der Waals surface area (Å²) in [6.45, 7) is 2.84. The van der Waals surface area contributed by atoms with E-state index in [-0.39, 0.29) is 6.54 Å².